The molecule has 0 bridgehead atoms. The summed E-state index contributed by atoms with van der Waals surface area (Å²) >= 11 is 0. The largest absolute Gasteiger partial charge is 0.506 e. The zero-order chi connectivity index (χ0) is 9.42. The normalized spacial score (nSPS) is 10.5. The van der Waals surface area contributed by atoms with Crippen LogP contribution in [0.1, 0.15) is 0 Å². The van der Waals surface area contributed by atoms with Crippen LogP contribution in [0.15, 0.2) is 32.2 Å². The third kappa shape index (κ3) is 1.10. The molecule has 0 saturated carbocycles. The Hall–Kier alpha value is -2.04. The van der Waals surface area contributed by atoms with E-state index in [9.17, 15) is 14.7 Å². The molecule has 5 heteroatoms. The molecule has 1 aromatic heterocycles. The van der Waals surface area contributed by atoms with Crippen molar-refractivity contribution < 1.29 is 9.52 Å². The third-order valence-electron chi connectivity index (χ3n) is 1.63. The number of hydrogen-bond acceptors (Lipinski definition) is 4. The maximum Gasteiger partial charge on any atom is 0.402 e. The lowest BCUT2D eigenvalue weighted by molar-refractivity contribution is 0.475. The summed E-state index contributed by atoms with van der Waals surface area (Å²) in [6.07, 6.45) is 0. The van der Waals surface area contributed by atoms with Crippen LogP contribution in [0.4, 0.5) is 0 Å². The quantitative estimate of drug-likeness (QED) is 0.565. The van der Waals surface area contributed by atoms with Gasteiger partial charge in [0.05, 0.1) is 0 Å². The van der Waals surface area contributed by atoms with E-state index in [0.717, 1.165) is 0 Å². The Morgan fingerprint density at radius 3 is 2.85 bits per heavy atom. The first-order valence-electron chi connectivity index (χ1n) is 3.53. The molecular weight excluding hydrogens is 174 g/mol. The fourth-order valence-corrected chi connectivity index (χ4v) is 1.04. The molecule has 2 aromatic rings. The lowest BCUT2D eigenvalue weighted by Gasteiger charge is -1.96. The van der Waals surface area contributed by atoms with Crippen LogP contribution < -0.4 is 11.2 Å². The Balaban J connectivity index is 3.06. The van der Waals surface area contributed by atoms with Crippen molar-refractivity contribution in [3.05, 3.63) is 39.0 Å². The van der Waals surface area contributed by atoms with Crippen molar-refractivity contribution in [3.63, 3.8) is 0 Å². The second-order valence-corrected chi connectivity index (χ2v) is 2.49. The smallest absolute Gasteiger partial charge is 0.402 e. The molecule has 2 N–H and O–H groups in total. The molecule has 0 aliphatic rings. The van der Waals surface area contributed by atoms with Gasteiger partial charge in [0.1, 0.15) is 11.3 Å². The number of fused-ring (bicyclic) bond motifs is 1. The molecular formula is C8H5NO4. The fraction of sp³-hybridized carbons (Fsp3) is 0. The molecule has 1 heterocycles. The first-order valence-corrected chi connectivity index (χ1v) is 3.53. The van der Waals surface area contributed by atoms with E-state index in [1.165, 1.54) is 18.2 Å². The van der Waals surface area contributed by atoms with E-state index in [4.69, 9.17) is 0 Å². The Bertz CT molecular complexity index is 566. The van der Waals surface area contributed by atoms with Crippen molar-refractivity contribution in [2.75, 3.05) is 0 Å². The predicted octanol–water partition coefficient (Wildman–Crippen LogP) is 0.187. The summed E-state index contributed by atoms with van der Waals surface area (Å²) in [5, 5.41) is 9.25. The van der Waals surface area contributed by atoms with Gasteiger partial charge in [-0.3, -0.25) is 4.79 Å². The number of para-hydroxylation sites is 1. The fourth-order valence-electron chi connectivity index (χ4n) is 1.04. The summed E-state index contributed by atoms with van der Waals surface area (Å²) in [4.78, 5) is 23.8. The molecule has 13 heavy (non-hydrogen) atoms. The van der Waals surface area contributed by atoms with Crippen molar-refractivity contribution >= 4 is 11.1 Å². The summed E-state index contributed by atoms with van der Waals surface area (Å²) < 4.78 is 4.61. The van der Waals surface area contributed by atoms with Gasteiger partial charge in [-0.1, -0.05) is 6.07 Å². The standard InChI is InChI=1S/C8H5NO4/c10-4-2-1-3-5-6(4)9-7(11)8(12)13-5/h1-3,10H,(H,9,11). The molecule has 0 aliphatic carbocycles. The van der Waals surface area contributed by atoms with E-state index in [-0.39, 0.29) is 16.8 Å². The van der Waals surface area contributed by atoms with E-state index in [0.29, 0.717) is 0 Å². The van der Waals surface area contributed by atoms with E-state index < -0.39 is 11.2 Å². The zero-order valence-corrected chi connectivity index (χ0v) is 6.40. The molecule has 0 unspecified atom stereocenters. The number of benzene rings is 1. The topological polar surface area (TPSA) is 83.3 Å². The number of rotatable bonds is 0. The maximum absolute atomic E-state index is 10.8. The van der Waals surface area contributed by atoms with Gasteiger partial charge in [-0.2, -0.15) is 0 Å². The van der Waals surface area contributed by atoms with Gasteiger partial charge >= 0.3 is 11.2 Å². The van der Waals surface area contributed by atoms with Crippen molar-refractivity contribution in [1.82, 2.24) is 4.98 Å². The predicted molar refractivity (Wildman–Crippen MR) is 44.8 cm³/mol. The van der Waals surface area contributed by atoms with Gasteiger partial charge in [0.2, 0.25) is 0 Å². The van der Waals surface area contributed by atoms with Gasteiger partial charge in [-0.05, 0) is 12.1 Å². The molecule has 66 valence electrons. The van der Waals surface area contributed by atoms with E-state index in [1.54, 1.807) is 0 Å². The number of aromatic amines is 1. The maximum atomic E-state index is 10.8. The van der Waals surface area contributed by atoms with Gasteiger partial charge in [-0.25, -0.2) is 4.79 Å². The van der Waals surface area contributed by atoms with Gasteiger partial charge in [0.15, 0.2) is 5.58 Å². The van der Waals surface area contributed by atoms with Crippen molar-refractivity contribution in [3.8, 4) is 5.75 Å². The van der Waals surface area contributed by atoms with Crippen LogP contribution in [-0.2, 0) is 0 Å². The Labute approximate surface area is 71.3 Å². The second kappa shape index (κ2) is 2.48. The molecule has 5 nitrogen and oxygen atoms in total. The lowest BCUT2D eigenvalue weighted by Crippen LogP contribution is -2.25. The average molecular weight is 179 g/mol. The Kier molecular flexibility index (Phi) is 1.45. The number of aromatic nitrogens is 1. The van der Waals surface area contributed by atoms with E-state index in [2.05, 4.69) is 9.40 Å². The monoisotopic (exact) mass is 179 g/mol. The summed E-state index contributed by atoms with van der Waals surface area (Å²) in [6, 6.07) is 4.38. The molecule has 0 atom stereocenters. The average Bonchev–Trinajstić information content (AvgIpc) is 2.09. The minimum Gasteiger partial charge on any atom is -0.506 e. The molecule has 0 amide bonds. The van der Waals surface area contributed by atoms with Crippen molar-refractivity contribution in [2.24, 2.45) is 0 Å². The molecule has 1 aromatic carbocycles. The van der Waals surface area contributed by atoms with Crippen molar-refractivity contribution in [1.29, 1.82) is 0 Å². The molecule has 0 fully saturated rings. The summed E-state index contributed by atoms with van der Waals surface area (Å²) in [7, 11) is 0. The summed E-state index contributed by atoms with van der Waals surface area (Å²) in [6.45, 7) is 0. The number of nitrogens with one attached hydrogen (secondary N) is 1. The highest BCUT2D eigenvalue weighted by Gasteiger charge is 2.04. The van der Waals surface area contributed by atoms with Crippen molar-refractivity contribution in [2.45, 2.75) is 0 Å². The van der Waals surface area contributed by atoms with Crippen LogP contribution >= 0.6 is 0 Å². The summed E-state index contributed by atoms with van der Waals surface area (Å²) in [5.41, 5.74) is -1.57. The first-order chi connectivity index (χ1) is 6.18. The Morgan fingerprint density at radius 1 is 1.31 bits per heavy atom. The van der Waals surface area contributed by atoms with Crippen LogP contribution in [-0.4, -0.2) is 10.1 Å². The van der Waals surface area contributed by atoms with Crippen LogP contribution in [0.2, 0.25) is 0 Å². The van der Waals surface area contributed by atoms with Gasteiger partial charge in [0.25, 0.3) is 0 Å². The van der Waals surface area contributed by atoms with Crippen LogP contribution in [0.3, 0.4) is 0 Å². The molecule has 0 aliphatic heterocycles. The SMILES string of the molecule is O=c1[nH]c2c(O)cccc2oc1=O. The van der Waals surface area contributed by atoms with E-state index >= 15 is 0 Å². The molecule has 0 radical (unpaired) electrons. The van der Waals surface area contributed by atoms with Gasteiger partial charge in [-0.15, -0.1) is 0 Å². The number of H-pyrrole nitrogens is 1. The summed E-state index contributed by atoms with van der Waals surface area (Å²) in [5.74, 6) is -0.127. The third-order valence-corrected chi connectivity index (χ3v) is 1.63. The minimum absolute atomic E-state index is 0.127. The number of hydrogen-bond donors (Lipinski definition) is 2. The van der Waals surface area contributed by atoms with Gasteiger partial charge in [0, 0.05) is 0 Å². The second-order valence-electron chi connectivity index (χ2n) is 2.49. The molecule has 2 rings (SSSR count). The van der Waals surface area contributed by atoms with Gasteiger partial charge < -0.3 is 14.5 Å². The van der Waals surface area contributed by atoms with Crippen LogP contribution in [0.25, 0.3) is 11.1 Å². The zero-order valence-electron chi connectivity index (χ0n) is 6.40. The number of phenolic OH excluding ortho intramolecular Hbond substituents is 1. The minimum atomic E-state index is -0.974. The number of phenols is 1. The Morgan fingerprint density at radius 2 is 2.08 bits per heavy atom. The highest BCUT2D eigenvalue weighted by molar-refractivity contribution is 5.78. The van der Waals surface area contributed by atoms with E-state index in [1.807, 2.05) is 0 Å². The first kappa shape index (κ1) is 7.60. The van der Waals surface area contributed by atoms with Crippen LogP contribution in [0.5, 0.6) is 5.75 Å². The lowest BCUT2D eigenvalue weighted by atomic mass is 10.3. The molecule has 0 saturated heterocycles. The number of aromatic hydroxyl groups is 1. The molecule has 0 spiro atoms. The highest BCUT2D eigenvalue weighted by atomic mass is 16.4. The van der Waals surface area contributed by atoms with Crippen LogP contribution in [0, 0.1) is 0 Å². The highest BCUT2D eigenvalue weighted by Crippen LogP contribution is 2.18.